The number of hydrogen-bond donors (Lipinski definition) is 0. The number of Topliss-reactive ketones (excluding diaryl/α,β-unsaturated/α-hetero) is 1. The van der Waals surface area contributed by atoms with Gasteiger partial charge in [0.1, 0.15) is 0 Å². The number of imidazole rings is 1. The van der Waals surface area contributed by atoms with E-state index in [0.29, 0.717) is 6.54 Å². The van der Waals surface area contributed by atoms with Gasteiger partial charge in [-0.2, -0.15) is 0 Å². The predicted octanol–water partition coefficient (Wildman–Crippen LogP) is 0.224. The third-order valence-corrected chi connectivity index (χ3v) is 4.40. The highest BCUT2D eigenvalue weighted by atomic mass is 79.9. The lowest BCUT2D eigenvalue weighted by Gasteiger charge is -2.02. The molecule has 3 rings (SSSR count). The minimum Gasteiger partial charge on any atom is -1.00 e. The molecule has 0 saturated carbocycles. The molecule has 0 N–H and O–H groups in total. The molecule has 4 heteroatoms. The molecule has 0 radical (unpaired) electrons. The van der Waals surface area contributed by atoms with Crippen molar-refractivity contribution >= 4 is 16.8 Å². The van der Waals surface area contributed by atoms with Crippen molar-refractivity contribution in [2.24, 2.45) is 7.05 Å². The van der Waals surface area contributed by atoms with Crippen LogP contribution in [0.15, 0.2) is 48.5 Å². The summed E-state index contributed by atoms with van der Waals surface area (Å²) in [6.45, 7) is 4.54. The first kappa shape index (κ1) is 17.4. The van der Waals surface area contributed by atoms with E-state index in [1.807, 2.05) is 50.4 Å². The van der Waals surface area contributed by atoms with Crippen molar-refractivity contribution in [2.45, 2.75) is 26.8 Å². The number of carbonyl (C=O) groups is 1. The van der Waals surface area contributed by atoms with Gasteiger partial charge in [-0.05, 0) is 24.1 Å². The molecule has 0 atom stereocenters. The molecule has 0 saturated heterocycles. The molecule has 0 aliphatic heterocycles. The van der Waals surface area contributed by atoms with Gasteiger partial charge in [-0.1, -0.05) is 43.3 Å². The zero-order valence-electron chi connectivity index (χ0n) is 13.7. The lowest BCUT2D eigenvalue weighted by atomic mass is 10.1. The Balaban J connectivity index is 0.00000192. The number of fused-ring (bicyclic) bond motifs is 1. The summed E-state index contributed by atoms with van der Waals surface area (Å²) in [6.07, 6.45) is 0.992. The van der Waals surface area contributed by atoms with Gasteiger partial charge in [0.15, 0.2) is 17.6 Å². The van der Waals surface area contributed by atoms with Gasteiger partial charge in [0.25, 0.3) is 5.82 Å². The molecular weight excluding hydrogens is 352 g/mol. The highest BCUT2D eigenvalue weighted by Crippen LogP contribution is 2.15. The largest absolute Gasteiger partial charge is 1.00 e. The Labute approximate surface area is 147 Å². The van der Waals surface area contributed by atoms with E-state index in [-0.39, 0.29) is 22.8 Å². The van der Waals surface area contributed by atoms with E-state index in [1.165, 1.54) is 5.56 Å². The van der Waals surface area contributed by atoms with Crippen LogP contribution in [0.3, 0.4) is 0 Å². The molecule has 0 fully saturated rings. The Morgan fingerprint density at radius 3 is 2.39 bits per heavy atom. The van der Waals surface area contributed by atoms with Crippen LogP contribution in [0.1, 0.15) is 28.7 Å². The van der Waals surface area contributed by atoms with Crippen LogP contribution in [0.5, 0.6) is 0 Å². The summed E-state index contributed by atoms with van der Waals surface area (Å²) >= 11 is 0. The minimum atomic E-state index is 0. The lowest BCUT2D eigenvalue weighted by Crippen LogP contribution is -3.00. The van der Waals surface area contributed by atoms with Gasteiger partial charge < -0.3 is 17.0 Å². The number of halogens is 1. The molecule has 0 unspecified atom stereocenters. The van der Waals surface area contributed by atoms with Gasteiger partial charge in [0, 0.05) is 12.5 Å². The maximum Gasteiger partial charge on any atom is 0.254 e. The molecule has 0 amide bonds. The number of aryl methyl sites for hydroxylation is 2. The second kappa shape index (κ2) is 7.09. The molecule has 2 aromatic carbocycles. The number of para-hydroxylation sites is 2. The summed E-state index contributed by atoms with van der Waals surface area (Å²) < 4.78 is 4.22. The van der Waals surface area contributed by atoms with Crippen LogP contribution < -0.4 is 21.5 Å². The molecule has 3 nitrogen and oxygen atoms in total. The van der Waals surface area contributed by atoms with E-state index < -0.39 is 0 Å². The topological polar surface area (TPSA) is 25.9 Å². The first-order chi connectivity index (χ1) is 10.6. The zero-order valence-corrected chi connectivity index (χ0v) is 15.3. The van der Waals surface area contributed by atoms with Crippen molar-refractivity contribution in [1.82, 2.24) is 4.57 Å². The SMILES string of the molecule is CCc1ccc(C(=O)Cn2c(C)[n+](C)c3ccccc32)cc1.[Br-]. The van der Waals surface area contributed by atoms with E-state index in [2.05, 4.69) is 28.2 Å². The number of aromatic nitrogens is 2. The molecule has 0 aliphatic carbocycles. The molecule has 1 aromatic heterocycles. The predicted molar refractivity (Wildman–Crippen MR) is 88.0 cm³/mol. The number of carbonyl (C=O) groups excluding carboxylic acids is 1. The van der Waals surface area contributed by atoms with Crippen molar-refractivity contribution in [3.05, 3.63) is 65.5 Å². The number of hydrogen-bond acceptors (Lipinski definition) is 1. The van der Waals surface area contributed by atoms with Crippen molar-refractivity contribution in [2.75, 3.05) is 0 Å². The van der Waals surface area contributed by atoms with Crippen molar-refractivity contribution in [1.29, 1.82) is 0 Å². The van der Waals surface area contributed by atoms with Gasteiger partial charge in [0.05, 0.1) is 7.05 Å². The van der Waals surface area contributed by atoms with Crippen LogP contribution in [0.25, 0.3) is 11.0 Å². The van der Waals surface area contributed by atoms with Crippen molar-refractivity contribution < 1.29 is 26.3 Å². The molecule has 1 heterocycles. The Hall–Kier alpha value is -1.94. The average molecular weight is 373 g/mol. The Bertz CT molecular complexity index is 834. The first-order valence-electron chi connectivity index (χ1n) is 7.67. The summed E-state index contributed by atoms with van der Waals surface area (Å²) in [5.74, 6) is 1.23. The molecule has 3 aromatic rings. The lowest BCUT2D eigenvalue weighted by molar-refractivity contribution is -0.652. The third-order valence-electron chi connectivity index (χ3n) is 4.40. The smallest absolute Gasteiger partial charge is 0.254 e. The second-order valence-corrected chi connectivity index (χ2v) is 5.65. The van der Waals surface area contributed by atoms with Gasteiger partial charge >= 0.3 is 0 Å². The molecule has 0 spiro atoms. The number of rotatable bonds is 4. The summed E-state index contributed by atoms with van der Waals surface area (Å²) in [6, 6.07) is 16.1. The average Bonchev–Trinajstić information content (AvgIpc) is 2.80. The van der Waals surface area contributed by atoms with Gasteiger partial charge in [-0.3, -0.25) is 4.79 Å². The zero-order chi connectivity index (χ0) is 15.7. The van der Waals surface area contributed by atoms with E-state index in [9.17, 15) is 4.79 Å². The molecule has 23 heavy (non-hydrogen) atoms. The van der Waals surface area contributed by atoms with Gasteiger partial charge in [-0.25, -0.2) is 9.13 Å². The highest BCUT2D eigenvalue weighted by Gasteiger charge is 2.21. The van der Waals surface area contributed by atoms with Crippen LogP contribution in [-0.2, 0) is 20.0 Å². The maximum absolute atomic E-state index is 12.6. The second-order valence-electron chi connectivity index (χ2n) is 5.65. The normalized spacial score (nSPS) is 10.6. The van der Waals surface area contributed by atoms with Gasteiger partial charge in [0.2, 0.25) is 5.78 Å². The standard InChI is InChI=1S/C19H21N2O.BrH/c1-4-15-9-11-16(12-10-15)19(22)13-21-14(2)20(3)17-7-5-6-8-18(17)21;/h5-12H,4,13H2,1-3H3;1H/q+1;/p-1. The fourth-order valence-electron chi connectivity index (χ4n) is 2.87. The number of nitrogens with zero attached hydrogens (tertiary/aromatic N) is 2. The van der Waals surface area contributed by atoms with Crippen LogP contribution in [0.4, 0.5) is 0 Å². The van der Waals surface area contributed by atoms with Crippen molar-refractivity contribution in [3.63, 3.8) is 0 Å². The number of ketones is 1. The molecule has 120 valence electrons. The van der Waals surface area contributed by atoms with Crippen molar-refractivity contribution in [3.8, 4) is 0 Å². The van der Waals surface area contributed by atoms with E-state index in [4.69, 9.17) is 0 Å². The fraction of sp³-hybridized carbons (Fsp3) is 0.263. The highest BCUT2D eigenvalue weighted by molar-refractivity contribution is 5.96. The quantitative estimate of drug-likeness (QED) is 0.475. The summed E-state index contributed by atoms with van der Waals surface area (Å²) in [7, 11) is 2.04. The summed E-state index contributed by atoms with van der Waals surface area (Å²) in [5, 5.41) is 0. The molecule has 0 bridgehead atoms. The van der Waals surface area contributed by atoms with Gasteiger partial charge in [-0.15, -0.1) is 0 Å². The summed E-state index contributed by atoms with van der Waals surface area (Å²) in [5.41, 5.74) is 4.28. The maximum atomic E-state index is 12.6. The molecule has 0 aliphatic rings. The fourth-order valence-corrected chi connectivity index (χ4v) is 2.87. The van der Waals surface area contributed by atoms with Crippen LogP contribution in [0.2, 0.25) is 0 Å². The molecular formula is C19H21BrN2O. The summed E-state index contributed by atoms with van der Waals surface area (Å²) in [4.78, 5) is 12.6. The first-order valence-corrected chi connectivity index (χ1v) is 7.67. The number of benzene rings is 2. The third kappa shape index (κ3) is 3.22. The van der Waals surface area contributed by atoms with Crippen LogP contribution in [0, 0.1) is 6.92 Å². The van der Waals surface area contributed by atoms with Crippen LogP contribution in [-0.4, -0.2) is 10.4 Å². The minimum absolute atomic E-state index is 0. The Morgan fingerprint density at radius 1 is 1.09 bits per heavy atom. The van der Waals surface area contributed by atoms with E-state index in [1.54, 1.807) is 0 Å². The van der Waals surface area contributed by atoms with E-state index in [0.717, 1.165) is 28.8 Å². The Morgan fingerprint density at radius 2 is 1.74 bits per heavy atom. The Kier molecular flexibility index (Phi) is 5.37. The van der Waals surface area contributed by atoms with Crippen LogP contribution >= 0.6 is 0 Å². The van der Waals surface area contributed by atoms with E-state index >= 15 is 0 Å². The monoisotopic (exact) mass is 372 g/mol.